The lowest BCUT2D eigenvalue weighted by Gasteiger charge is -2.16. The van der Waals surface area contributed by atoms with Crippen molar-refractivity contribution in [1.29, 1.82) is 0 Å². The second-order valence-electron chi connectivity index (χ2n) is 8.08. The van der Waals surface area contributed by atoms with Gasteiger partial charge in [0.2, 0.25) is 0 Å². The highest BCUT2D eigenvalue weighted by atomic mass is 16.5. The Balaban J connectivity index is 1.50. The van der Waals surface area contributed by atoms with Crippen LogP contribution in [0.15, 0.2) is 54.6 Å². The fourth-order valence-electron chi connectivity index (χ4n) is 4.52. The molecule has 0 bridgehead atoms. The lowest BCUT2D eigenvalue weighted by Crippen LogP contribution is -2.32. The van der Waals surface area contributed by atoms with Gasteiger partial charge in [0, 0.05) is 18.5 Å². The normalized spacial score (nSPS) is 16.6. The molecule has 1 amide bonds. The summed E-state index contributed by atoms with van der Waals surface area (Å²) in [4.78, 5) is 32.2. The van der Waals surface area contributed by atoms with Gasteiger partial charge in [-0.2, -0.15) is 0 Å². The number of aromatic nitrogens is 1. The molecule has 2 heterocycles. The highest BCUT2D eigenvalue weighted by molar-refractivity contribution is 6.07. The van der Waals surface area contributed by atoms with Gasteiger partial charge in [0.1, 0.15) is 0 Å². The Kier molecular flexibility index (Phi) is 5.24. The summed E-state index contributed by atoms with van der Waals surface area (Å²) < 4.78 is 5.51. The fourth-order valence-corrected chi connectivity index (χ4v) is 4.52. The van der Waals surface area contributed by atoms with Crippen molar-refractivity contribution in [2.75, 3.05) is 19.7 Å². The first kappa shape index (κ1) is 19.5. The van der Waals surface area contributed by atoms with Crippen molar-refractivity contribution in [1.82, 2.24) is 9.88 Å². The van der Waals surface area contributed by atoms with Gasteiger partial charge < -0.3 is 9.64 Å². The van der Waals surface area contributed by atoms with E-state index >= 15 is 0 Å². The van der Waals surface area contributed by atoms with E-state index in [9.17, 15) is 9.59 Å². The van der Waals surface area contributed by atoms with Crippen molar-refractivity contribution in [3.8, 4) is 0 Å². The fraction of sp³-hybridized carbons (Fsp3) is 0.269. The van der Waals surface area contributed by atoms with E-state index in [2.05, 4.69) is 18.2 Å². The number of para-hydroxylation sites is 1. The SMILES string of the molecule is O=C(OCC(=O)N1CCCC1)c1c2c(nc3ccccc13)/C(=C\c1ccccc1)CC2. The van der Waals surface area contributed by atoms with Gasteiger partial charge in [-0.25, -0.2) is 9.78 Å². The molecule has 0 saturated carbocycles. The monoisotopic (exact) mass is 412 g/mol. The summed E-state index contributed by atoms with van der Waals surface area (Å²) >= 11 is 0. The Morgan fingerprint density at radius 1 is 0.968 bits per heavy atom. The molecule has 5 nitrogen and oxygen atoms in total. The number of hydrogen-bond acceptors (Lipinski definition) is 4. The van der Waals surface area contributed by atoms with Gasteiger partial charge in [-0.1, -0.05) is 48.5 Å². The molecule has 2 aromatic carbocycles. The van der Waals surface area contributed by atoms with Crippen molar-refractivity contribution < 1.29 is 14.3 Å². The second kappa shape index (κ2) is 8.34. The topological polar surface area (TPSA) is 59.5 Å². The number of carbonyl (C=O) groups is 2. The van der Waals surface area contributed by atoms with Crippen LogP contribution in [0.2, 0.25) is 0 Å². The molecular weight excluding hydrogens is 388 g/mol. The van der Waals surface area contributed by atoms with Crippen LogP contribution >= 0.6 is 0 Å². The van der Waals surface area contributed by atoms with E-state index in [4.69, 9.17) is 9.72 Å². The summed E-state index contributed by atoms with van der Waals surface area (Å²) in [6, 6.07) is 17.8. The molecule has 3 aromatic rings. The summed E-state index contributed by atoms with van der Waals surface area (Å²) in [5, 5.41) is 0.779. The number of esters is 1. The number of nitrogens with zero attached hydrogens (tertiary/aromatic N) is 2. The third-order valence-electron chi connectivity index (χ3n) is 6.07. The standard InChI is InChI=1S/C26H24N2O3/c29-23(28-14-6-7-15-28)17-31-26(30)24-20-10-4-5-11-22(20)27-25-19(12-13-21(24)25)16-18-8-2-1-3-9-18/h1-5,8-11,16H,6-7,12-15,17H2/b19-16-. The number of likely N-dealkylation sites (tertiary alicyclic amines) is 1. The predicted octanol–water partition coefficient (Wildman–Crippen LogP) is 4.50. The lowest BCUT2D eigenvalue weighted by atomic mass is 10.0. The van der Waals surface area contributed by atoms with E-state index < -0.39 is 5.97 Å². The molecule has 5 rings (SSSR count). The van der Waals surface area contributed by atoms with Crippen LogP contribution in [-0.4, -0.2) is 41.5 Å². The molecule has 0 spiro atoms. The molecule has 156 valence electrons. The lowest BCUT2D eigenvalue weighted by molar-refractivity contribution is -0.133. The molecule has 31 heavy (non-hydrogen) atoms. The predicted molar refractivity (Wildman–Crippen MR) is 120 cm³/mol. The van der Waals surface area contributed by atoms with Gasteiger partial charge in [0.25, 0.3) is 5.91 Å². The van der Waals surface area contributed by atoms with Gasteiger partial charge in [-0.3, -0.25) is 4.79 Å². The minimum Gasteiger partial charge on any atom is -0.452 e. The van der Waals surface area contributed by atoms with Crippen LogP contribution < -0.4 is 0 Å². The van der Waals surface area contributed by atoms with Gasteiger partial charge in [-0.15, -0.1) is 0 Å². The van der Waals surface area contributed by atoms with Gasteiger partial charge in [0.15, 0.2) is 6.61 Å². The largest absolute Gasteiger partial charge is 0.452 e. The second-order valence-corrected chi connectivity index (χ2v) is 8.08. The van der Waals surface area contributed by atoms with E-state index in [-0.39, 0.29) is 12.5 Å². The zero-order valence-electron chi connectivity index (χ0n) is 17.3. The Morgan fingerprint density at radius 3 is 2.52 bits per heavy atom. The van der Waals surface area contributed by atoms with E-state index in [1.807, 2.05) is 42.5 Å². The van der Waals surface area contributed by atoms with Gasteiger partial charge in [0.05, 0.1) is 16.8 Å². The molecule has 1 aromatic heterocycles. The summed E-state index contributed by atoms with van der Waals surface area (Å²) in [7, 11) is 0. The number of benzene rings is 2. The highest BCUT2D eigenvalue weighted by Crippen LogP contribution is 2.37. The average molecular weight is 412 g/mol. The van der Waals surface area contributed by atoms with Gasteiger partial charge >= 0.3 is 5.97 Å². The van der Waals surface area contributed by atoms with Crippen molar-refractivity contribution in [2.24, 2.45) is 0 Å². The van der Waals surface area contributed by atoms with Crippen LogP contribution in [0, 0.1) is 0 Å². The molecule has 1 aliphatic carbocycles. The molecule has 0 unspecified atom stereocenters. The maximum atomic E-state index is 13.2. The molecule has 2 aliphatic rings. The quantitative estimate of drug-likeness (QED) is 0.592. The number of hydrogen-bond donors (Lipinski definition) is 0. The van der Waals surface area contributed by atoms with Crippen LogP contribution in [0.5, 0.6) is 0 Å². The number of fused-ring (bicyclic) bond motifs is 2. The van der Waals surface area contributed by atoms with Crippen molar-refractivity contribution in [3.63, 3.8) is 0 Å². The molecule has 0 atom stereocenters. The van der Waals surface area contributed by atoms with E-state index in [0.717, 1.165) is 72.1 Å². The zero-order chi connectivity index (χ0) is 21.2. The Hall–Kier alpha value is -3.47. The molecule has 0 N–H and O–H groups in total. The van der Waals surface area contributed by atoms with Gasteiger partial charge in [-0.05, 0) is 54.5 Å². The number of carbonyl (C=O) groups excluding carboxylic acids is 2. The number of rotatable bonds is 4. The third-order valence-corrected chi connectivity index (χ3v) is 6.07. The van der Waals surface area contributed by atoms with Crippen LogP contribution in [0.25, 0.3) is 22.6 Å². The number of pyridine rings is 1. The third kappa shape index (κ3) is 3.83. The van der Waals surface area contributed by atoms with Crippen molar-refractivity contribution >= 4 is 34.4 Å². The smallest absolute Gasteiger partial charge is 0.339 e. The first-order chi connectivity index (χ1) is 15.2. The van der Waals surface area contributed by atoms with Crippen LogP contribution in [0.1, 0.15) is 46.4 Å². The number of ether oxygens (including phenoxy) is 1. The first-order valence-electron chi connectivity index (χ1n) is 10.8. The summed E-state index contributed by atoms with van der Waals surface area (Å²) in [6.45, 7) is 1.28. The van der Waals surface area contributed by atoms with Crippen molar-refractivity contribution in [2.45, 2.75) is 25.7 Å². The molecule has 1 aliphatic heterocycles. The van der Waals surface area contributed by atoms with Crippen LogP contribution in [0.3, 0.4) is 0 Å². The van der Waals surface area contributed by atoms with Crippen LogP contribution in [-0.2, 0) is 16.0 Å². The average Bonchev–Trinajstić information content (AvgIpc) is 3.47. The Morgan fingerprint density at radius 2 is 1.71 bits per heavy atom. The molecular formula is C26H24N2O3. The number of amides is 1. The number of allylic oxidation sites excluding steroid dienone is 1. The van der Waals surface area contributed by atoms with E-state index in [1.165, 1.54) is 0 Å². The summed E-state index contributed by atoms with van der Waals surface area (Å²) in [5.41, 5.74) is 5.32. The van der Waals surface area contributed by atoms with E-state index in [0.29, 0.717) is 5.56 Å². The van der Waals surface area contributed by atoms with Crippen LogP contribution in [0.4, 0.5) is 0 Å². The maximum Gasteiger partial charge on any atom is 0.339 e. The maximum absolute atomic E-state index is 13.2. The first-order valence-corrected chi connectivity index (χ1v) is 10.8. The molecule has 1 saturated heterocycles. The summed E-state index contributed by atoms with van der Waals surface area (Å²) in [5.74, 6) is -0.561. The minimum absolute atomic E-state index is 0.120. The highest BCUT2D eigenvalue weighted by Gasteiger charge is 2.28. The molecule has 5 heteroatoms. The summed E-state index contributed by atoms with van der Waals surface area (Å²) in [6.07, 6.45) is 5.72. The van der Waals surface area contributed by atoms with Crippen molar-refractivity contribution in [3.05, 3.63) is 77.0 Å². The van der Waals surface area contributed by atoms with E-state index in [1.54, 1.807) is 4.90 Å². The molecule has 0 radical (unpaired) electrons. The molecule has 1 fully saturated rings. The minimum atomic E-state index is -0.441. The zero-order valence-corrected chi connectivity index (χ0v) is 17.3. The Bertz CT molecular complexity index is 1180. The Labute approximate surface area is 181 Å².